The summed E-state index contributed by atoms with van der Waals surface area (Å²) in [5.74, 6) is -0.309. The molecule has 0 bridgehead atoms. The number of carbonyl (C=O) groups excluding carboxylic acids is 2. The number of rotatable bonds is 7. The Balaban J connectivity index is 1.47. The number of ether oxygens (including phenoxy) is 3. The van der Waals surface area contributed by atoms with Crippen LogP contribution in [-0.4, -0.2) is 25.2 Å². The third-order valence-electron chi connectivity index (χ3n) is 5.39. The number of carbonyl (C=O) groups is 2. The molecular weight excluding hydrogens is 396 g/mol. The Morgan fingerprint density at radius 3 is 2.42 bits per heavy atom. The second-order valence-corrected chi connectivity index (χ2v) is 7.60. The van der Waals surface area contributed by atoms with Crippen molar-refractivity contribution < 1.29 is 23.8 Å². The second-order valence-electron chi connectivity index (χ2n) is 7.60. The van der Waals surface area contributed by atoms with Crippen LogP contribution in [0.25, 0.3) is 6.08 Å². The van der Waals surface area contributed by atoms with Crippen molar-refractivity contribution in [3.8, 4) is 5.75 Å². The minimum absolute atomic E-state index is 0.0429. The lowest BCUT2D eigenvalue weighted by molar-refractivity contribution is -0.141. The van der Waals surface area contributed by atoms with Crippen LogP contribution in [-0.2, 0) is 25.7 Å². The molecule has 1 aliphatic carbocycles. The zero-order chi connectivity index (χ0) is 22.2. The van der Waals surface area contributed by atoms with Crippen molar-refractivity contribution >= 4 is 29.4 Å². The van der Waals surface area contributed by atoms with Gasteiger partial charge in [-0.3, -0.25) is 4.79 Å². The molecule has 4 N–H and O–H groups in total. The lowest BCUT2D eigenvalue weighted by atomic mass is 9.87. The fraction of sp³-hybridized carbons (Fsp3) is 0.333. The number of hydrogen-bond acceptors (Lipinski definition) is 7. The smallest absolute Gasteiger partial charge is 0.331 e. The molecule has 2 aromatic rings. The molecule has 1 fully saturated rings. The summed E-state index contributed by atoms with van der Waals surface area (Å²) in [5, 5.41) is 0. The first-order chi connectivity index (χ1) is 14.9. The summed E-state index contributed by atoms with van der Waals surface area (Å²) < 4.78 is 16.0. The molecule has 0 amide bonds. The van der Waals surface area contributed by atoms with Gasteiger partial charge in [0, 0.05) is 30.1 Å². The molecule has 7 nitrogen and oxygen atoms in total. The molecule has 0 heterocycles. The zero-order valence-electron chi connectivity index (χ0n) is 17.6. The van der Waals surface area contributed by atoms with E-state index in [0.717, 1.165) is 31.2 Å². The van der Waals surface area contributed by atoms with Crippen LogP contribution in [0.3, 0.4) is 0 Å². The topological polar surface area (TPSA) is 114 Å². The van der Waals surface area contributed by atoms with Gasteiger partial charge in [-0.1, -0.05) is 12.1 Å². The second kappa shape index (κ2) is 10.6. The lowest BCUT2D eigenvalue weighted by Crippen LogP contribution is -2.28. The van der Waals surface area contributed by atoms with Crippen molar-refractivity contribution in [2.75, 3.05) is 18.6 Å². The standard InChI is InChI=1S/C24H28N2O5/c1-29-20-10-5-17(6-11-20)24(28)31-21-8-2-16(3-9-21)4-13-23(27)30-15-18-14-19(25)7-12-22(18)26/h2-4,7-9,12-14,17,20H,5-6,10-11,15,25-26H2,1H3. The molecule has 31 heavy (non-hydrogen) atoms. The van der Waals surface area contributed by atoms with Gasteiger partial charge in [0.25, 0.3) is 0 Å². The van der Waals surface area contributed by atoms with Crippen molar-refractivity contribution in [3.05, 3.63) is 59.7 Å². The number of anilines is 2. The third kappa shape index (κ3) is 6.58. The van der Waals surface area contributed by atoms with E-state index >= 15 is 0 Å². The van der Waals surface area contributed by atoms with Crippen molar-refractivity contribution in [2.45, 2.75) is 38.4 Å². The maximum Gasteiger partial charge on any atom is 0.331 e. The number of nitrogen functional groups attached to an aromatic ring is 2. The molecule has 0 saturated heterocycles. The van der Waals surface area contributed by atoms with Crippen LogP contribution in [0.5, 0.6) is 5.75 Å². The van der Waals surface area contributed by atoms with Crippen molar-refractivity contribution in [1.82, 2.24) is 0 Å². The van der Waals surface area contributed by atoms with Crippen LogP contribution >= 0.6 is 0 Å². The van der Waals surface area contributed by atoms with E-state index in [1.54, 1.807) is 55.7 Å². The van der Waals surface area contributed by atoms with Gasteiger partial charge in [0.2, 0.25) is 0 Å². The Kier molecular flexibility index (Phi) is 7.67. The van der Waals surface area contributed by atoms with E-state index in [1.807, 2.05) is 0 Å². The van der Waals surface area contributed by atoms with Crippen molar-refractivity contribution in [3.63, 3.8) is 0 Å². The van der Waals surface area contributed by atoms with Gasteiger partial charge in [-0.2, -0.15) is 0 Å². The first kappa shape index (κ1) is 22.4. The van der Waals surface area contributed by atoms with Gasteiger partial charge >= 0.3 is 11.9 Å². The van der Waals surface area contributed by atoms with Gasteiger partial charge in [0.1, 0.15) is 12.4 Å². The molecule has 0 spiro atoms. The summed E-state index contributed by atoms with van der Waals surface area (Å²) in [4.78, 5) is 24.3. The maximum absolute atomic E-state index is 12.3. The summed E-state index contributed by atoms with van der Waals surface area (Å²) >= 11 is 0. The molecule has 0 radical (unpaired) electrons. The van der Waals surface area contributed by atoms with Gasteiger partial charge in [-0.15, -0.1) is 0 Å². The summed E-state index contributed by atoms with van der Waals surface area (Å²) in [6.07, 6.45) is 6.51. The van der Waals surface area contributed by atoms with E-state index in [1.165, 1.54) is 6.08 Å². The van der Waals surface area contributed by atoms with Crippen LogP contribution in [0.4, 0.5) is 11.4 Å². The third-order valence-corrected chi connectivity index (χ3v) is 5.39. The number of benzene rings is 2. The molecule has 3 rings (SSSR count). The number of esters is 2. The molecule has 7 heteroatoms. The molecule has 0 aliphatic heterocycles. The van der Waals surface area contributed by atoms with Crippen LogP contribution < -0.4 is 16.2 Å². The molecule has 2 aromatic carbocycles. The average Bonchev–Trinajstić information content (AvgIpc) is 2.79. The van der Waals surface area contributed by atoms with Crippen LogP contribution in [0.15, 0.2) is 48.5 Å². The summed E-state index contributed by atoms with van der Waals surface area (Å²) in [6, 6.07) is 12.0. The van der Waals surface area contributed by atoms with Crippen molar-refractivity contribution in [1.29, 1.82) is 0 Å². The van der Waals surface area contributed by atoms with Crippen LogP contribution in [0.1, 0.15) is 36.8 Å². The Hall–Kier alpha value is -3.32. The Labute approximate surface area is 182 Å². The molecule has 164 valence electrons. The van der Waals surface area contributed by atoms with Gasteiger partial charge < -0.3 is 25.7 Å². The molecular formula is C24H28N2O5. The summed E-state index contributed by atoms with van der Waals surface area (Å²) in [7, 11) is 1.70. The molecule has 1 saturated carbocycles. The van der Waals surface area contributed by atoms with E-state index in [2.05, 4.69) is 0 Å². The highest BCUT2D eigenvalue weighted by atomic mass is 16.5. The average molecular weight is 424 g/mol. The fourth-order valence-electron chi connectivity index (χ4n) is 3.49. The monoisotopic (exact) mass is 424 g/mol. The minimum Gasteiger partial charge on any atom is -0.458 e. The highest BCUT2D eigenvalue weighted by molar-refractivity contribution is 5.87. The molecule has 0 unspecified atom stereocenters. The SMILES string of the molecule is COC1CCC(C(=O)Oc2ccc(C=CC(=O)OCc3cc(N)ccc3N)cc2)CC1. The fourth-order valence-corrected chi connectivity index (χ4v) is 3.49. The lowest BCUT2D eigenvalue weighted by Gasteiger charge is -2.26. The number of methoxy groups -OCH3 is 1. The van der Waals surface area contributed by atoms with E-state index in [-0.39, 0.29) is 24.6 Å². The van der Waals surface area contributed by atoms with E-state index in [4.69, 9.17) is 25.7 Å². The largest absolute Gasteiger partial charge is 0.458 e. The Morgan fingerprint density at radius 1 is 1.03 bits per heavy atom. The number of nitrogens with two attached hydrogens (primary N) is 2. The van der Waals surface area contributed by atoms with Gasteiger partial charge in [0.05, 0.1) is 12.0 Å². The highest BCUT2D eigenvalue weighted by Crippen LogP contribution is 2.27. The highest BCUT2D eigenvalue weighted by Gasteiger charge is 2.27. The van der Waals surface area contributed by atoms with Gasteiger partial charge in [-0.25, -0.2) is 4.79 Å². The predicted octanol–water partition coefficient (Wildman–Crippen LogP) is 3.72. The first-order valence-electron chi connectivity index (χ1n) is 10.3. The quantitative estimate of drug-likeness (QED) is 0.301. The molecule has 0 aromatic heterocycles. The predicted molar refractivity (Wildman–Crippen MR) is 119 cm³/mol. The van der Waals surface area contributed by atoms with Gasteiger partial charge in [-0.05, 0) is 67.7 Å². The van der Waals surface area contributed by atoms with Crippen LogP contribution in [0.2, 0.25) is 0 Å². The Bertz CT molecular complexity index is 931. The van der Waals surface area contributed by atoms with E-state index in [0.29, 0.717) is 22.7 Å². The normalized spacial score (nSPS) is 18.6. The summed E-state index contributed by atoms with van der Waals surface area (Å²) in [6.45, 7) is 0.0429. The van der Waals surface area contributed by atoms with Crippen molar-refractivity contribution in [2.24, 2.45) is 5.92 Å². The van der Waals surface area contributed by atoms with E-state index < -0.39 is 5.97 Å². The maximum atomic E-state index is 12.3. The minimum atomic E-state index is -0.496. The number of hydrogen-bond donors (Lipinski definition) is 2. The zero-order valence-corrected chi connectivity index (χ0v) is 17.6. The molecule has 1 aliphatic rings. The van der Waals surface area contributed by atoms with Crippen LogP contribution in [0, 0.1) is 5.92 Å². The van der Waals surface area contributed by atoms with E-state index in [9.17, 15) is 9.59 Å². The molecule has 0 atom stereocenters. The summed E-state index contributed by atoms with van der Waals surface area (Å²) in [5.41, 5.74) is 14.1. The first-order valence-corrected chi connectivity index (χ1v) is 10.3. The Morgan fingerprint density at radius 2 is 1.74 bits per heavy atom. The van der Waals surface area contributed by atoms with Gasteiger partial charge in [0.15, 0.2) is 0 Å².